The van der Waals surface area contributed by atoms with E-state index in [-0.39, 0.29) is 6.10 Å². The summed E-state index contributed by atoms with van der Waals surface area (Å²) in [7, 11) is 0. The van der Waals surface area contributed by atoms with Crippen LogP contribution in [-0.4, -0.2) is 39.2 Å². The van der Waals surface area contributed by atoms with Gasteiger partial charge < -0.3 is 5.11 Å². The van der Waals surface area contributed by atoms with Gasteiger partial charge in [-0.15, -0.1) is 0 Å². The lowest BCUT2D eigenvalue weighted by atomic mass is 10.1. The van der Waals surface area contributed by atoms with Crippen LogP contribution in [-0.2, 0) is 6.54 Å². The predicted molar refractivity (Wildman–Crippen MR) is 66.6 cm³/mol. The Hall–Kier alpha value is -1.00. The van der Waals surface area contributed by atoms with E-state index in [0.29, 0.717) is 5.92 Å². The SMILES string of the molecule is CC(C)c1ncc(CN2CCC(O)CC2)cn1. The molecule has 1 aliphatic rings. The highest BCUT2D eigenvalue weighted by molar-refractivity contribution is 5.06. The highest BCUT2D eigenvalue weighted by Crippen LogP contribution is 2.14. The van der Waals surface area contributed by atoms with E-state index in [2.05, 4.69) is 28.7 Å². The Kier molecular flexibility index (Phi) is 4.07. The standard InChI is InChI=1S/C13H21N3O/c1-10(2)13-14-7-11(8-15-13)9-16-5-3-12(17)4-6-16/h7-8,10,12,17H,3-6,9H2,1-2H3. The molecule has 17 heavy (non-hydrogen) atoms. The molecule has 1 N–H and O–H groups in total. The van der Waals surface area contributed by atoms with Crippen molar-refractivity contribution in [3.05, 3.63) is 23.8 Å². The lowest BCUT2D eigenvalue weighted by Gasteiger charge is -2.29. The maximum Gasteiger partial charge on any atom is 0.130 e. The highest BCUT2D eigenvalue weighted by atomic mass is 16.3. The third-order valence-corrected chi connectivity index (χ3v) is 3.20. The van der Waals surface area contributed by atoms with Crippen LogP contribution in [0.3, 0.4) is 0 Å². The molecule has 0 aromatic carbocycles. The molecule has 0 bridgehead atoms. The first-order valence-corrected chi connectivity index (χ1v) is 6.36. The number of piperidine rings is 1. The van der Waals surface area contributed by atoms with E-state index in [1.54, 1.807) is 0 Å². The van der Waals surface area contributed by atoms with Crippen molar-refractivity contribution in [3.8, 4) is 0 Å². The summed E-state index contributed by atoms with van der Waals surface area (Å²) in [5, 5.41) is 9.44. The fraction of sp³-hybridized carbons (Fsp3) is 0.692. The molecule has 0 amide bonds. The van der Waals surface area contributed by atoms with E-state index in [1.165, 1.54) is 0 Å². The van der Waals surface area contributed by atoms with E-state index in [0.717, 1.165) is 43.9 Å². The van der Waals surface area contributed by atoms with Crippen LogP contribution < -0.4 is 0 Å². The molecule has 1 aliphatic heterocycles. The molecule has 0 saturated carbocycles. The zero-order valence-corrected chi connectivity index (χ0v) is 10.6. The quantitative estimate of drug-likeness (QED) is 0.863. The van der Waals surface area contributed by atoms with Crippen molar-refractivity contribution >= 4 is 0 Å². The van der Waals surface area contributed by atoms with Crippen molar-refractivity contribution in [2.75, 3.05) is 13.1 Å². The average Bonchev–Trinajstić information content (AvgIpc) is 2.33. The van der Waals surface area contributed by atoms with Gasteiger partial charge in [0.1, 0.15) is 5.82 Å². The van der Waals surface area contributed by atoms with Crippen molar-refractivity contribution in [3.63, 3.8) is 0 Å². The summed E-state index contributed by atoms with van der Waals surface area (Å²) in [5.74, 6) is 1.29. The number of aromatic nitrogens is 2. The fourth-order valence-corrected chi connectivity index (χ4v) is 2.08. The van der Waals surface area contributed by atoms with Gasteiger partial charge in [0.05, 0.1) is 6.10 Å². The Balaban J connectivity index is 1.90. The molecule has 2 heterocycles. The Morgan fingerprint density at radius 2 is 1.88 bits per heavy atom. The minimum absolute atomic E-state index is 0.106. The van der Waals surface area contributed by atoms with Gasteiger partial charge in [0, 0.05) is 43.5 Å². The largest absolute Gasteiger partial charge is 0.393 e. The first kappa shape index (κ1) is 12.5. The number of hydrogen-bond acceptors (Lipinski definition) is 4. The van der Waals surface area contributed by atoms with Gasteiger partial charge in [0.2, 0.25) is 0 Å². The number of aliphatic hydroxyl groups is 1. The van der Waals surface area contributed by atoms with E-state index in [4.69, 9.17) is 0 Å². The van der Waals surface area contributed by atoms with Crippen molar-refractivity contribution in [2.45, 2.75) is 45.3 Å². The fourth-order valence-electron chi connectivity index (χ4n) is 2.08. The summed E-state index contributed by atoms with van der Waals surface area (Å²) >= 11 is 0. The van der Waals surface area contributed by atoms with Crippen LogP contribution in [0.2, 0.25) is 0 Å². The van der Waals surface area contributed by atoms with E-state index >= 15 is 0 Å². The molecule has 0 spiro atoms. The van der Waals surface area contributed by atoms with Gasteiger partial charge >= 0.3 is 0 Å². The Morgan fingerprint density at radius 3 is 2.41 bits per heavy atom. The van der Waals surface area contributed by atoms with Gasteiger partial charge in [-0.25, -0.2) is 9.97 Å². The van der Waals surface area contributed by atoms with Gasteiger partial charge in [-0.2, -0.15) is 0 Å². The molecular weight excluding hydrogens is 214 g/mol. The molecule has 1 saturated heterocycles. The van der Waals surface area contributed by atoms with Crippen molar-refractivity contribution < 1.29 is 5.11 Å². The molecule has 4 heteroatoms. The second kappa shape index (κ2) is 5.56. The maximum absolute atomic E-state index is 9.44. The molecule has 0 aliphatic carbocycles. The number of aliphatic hydroxyl groups excluding tert-OH is 1. The van der Waals surface area contributed by atoms with Crippen molar-refractivity contribution in [2.24, 2.45) is 0 Å². The molecule has 1 aromatic heterocycles. The zero-order valence-electron chi connectivity index (χ0n) is 10.6. The van der Waals surface area contributed by atoms with Crippen LogP contribution >= 0.6 is 0 Å². The topological polar surface area (TPSA) is 49.2 Å². The zero-order chi connectivity index (χ0) is 12.3. The summed E-state index contributed by atoms with van der Waals surface area (Å²) in [6.07, 6.45) is 5.50. The average molecular weight is 235 g/mol. The molecule has 94 valence electrons. The first-order valence-electron chi connectivity index (χ1n) is 6.36. The molecule has 1 aromatic rings. The van der Waals surface area contributed by atoms with Crippen LogP contribution in [0.25, 0.3) is 0 Å². The third kappa shape index (κ3) is 3.48. The number of hydrogen-bond donors (Lipinski definition) is 1. The summed E-state index contributed by atoms with van der Waals surface area (Å²) < 4.78 is 0. The minimum Gasteiger partial charge on any atom is -0.393 e. The molecular formula is C13H21N3O. The van der Waals surface area contributed by atoms with Crippen LogP contribution in [0.15, 0.2) is 12.4 Å². The van der Waals surface area contributed by atoms with Crippen molar-refractivity contribution in [1.29, 1.82) is 0 Å². The van der Waals surface area contributed by atoms with E-state index in [1.807, 2.05) is 12.4 Å². The van der Waals surface area contributed by atoms with Gasteiger partial charge in [0.15, 0.2) is 0 Å². The molecule has 0 atom stereocenters. The van der Waals surface area contributed by atoms with Gasteiger partial charge in [-0.3, -0.25) is 4.90 Å². The van der Waals surface area contributed by atoms with Crippen molar-refractivity contribution in [1.82, 2.24) is 14.9 Å². The maximum atomic E-state index is 9.44. The molecule has 0 unspecified atom stereocenters. The normalized spacial score (nSPS) is 18.8. The van der Waals surface area contributed by atoms with Gasteiger partial charge in [-0.05, 0) is 12.8 Å². The smallest absolute Gasteiger partial charge is 0.130 e. The molecule has 1 fully saturated rings. The summed E-state index contributed by atoms with van der Waals surface area (Å²) in [5.41, 5.74) is 1.16. The first-order chi connectivity index (χ1) is 8.15. The Labute approximate surface area is 103 Å². The second-order valence-electron chi connectivity index (χ2n) is 5.11. The summed E-state index contributed by atoms with van der Waals surface area (Å²) in [4.78, 5) is 11.1. The predicted octanol–water partition coefficient (Wildman–Crippen LogP) is 1.56. The molecule has 0 radical (unpaired) electrons. The summed E-state index contributed by atoms with van der Waals surface area (Å²) in [6.45, 7) is 7.02. The van der Waals surface area contributed by atoms with Crippen LogP contribution in [0.4, 0.5) is 0 Å². The number of rotatable bonds is 3. The Morgan fingerprint density at radius 1 is 1.29 bits per heavy atom. The van der Waals surface area contributed by atoms with Crippen LogP contribution in [0, 0.1) is 0 Å². The second-order valence-corrected chi connectivity index (χ2v) is 5.11. The number of nitrogens with zero attached hydrogens (tertiary/aromatic N) is 3. The van der Waals surface area contributed by atoms with Gasteiger partial charge in [-0.1, -0.05) is 13.8 Å². The van der Waals surface area contributed by atoms with Crippen LogP contribution in [0.5, 0.6) is 0 Å². The molecule has 2 rings (SSSR count). The third-order valence-electron chi connectivity index (χ3n) is 3.20. The van der Waals surface area contributed by atoms with E-state index in [9.17, 15) is 5.11 Å². The number of likely N-dealkylation sites (tertiary alicyclic amines) is 1. The lowest BCUT2D eigenvalue weighted by Crippen LogP contribution is -2.35. The minimum atomic E-state index is -0.106. The highest BCUT2D eigenvalue weighted by Gasteiger charge is 2.17. The summed E-state index contributed by atoms with van der Waals surface area (Å²) in [6, 6.07) is 0. The Bertz CT molecular complexity index is 342. The lowest BCUT2D eigenvalue weighted by molar-refractivity contribution is 0.0791. The molecule has 4 nitrogen and oxygen atoms in total. The monoisotopic (exact) mass is 235 g/mol. The van der Waals surface area contributed by atoms with E-state index < -0.39 is 0 Å². The van der Waals surface area contributed by atoms with Gasteiger partial charge in [0.25, 0.3) is 0 Å². The van der Waals surface area contributed by atoms with Crippen LogP contribution in [0.1, 0.15) is 44.0 Å².